The fourth-order valence-corrected chi connectivity index (χ4v) is 2.84. The minimum atomic E-state index is -0.0504. The lowest BCUT2D eigenvalue weighted by atomic mass is 9.99. The van der Waals surface area contributed by atoms with Crippen LogP contribution in [0.15, 0.2) is 0 Å². The summed E-state index contributed by atoms with van der Waals surface area (Å²) in [6.45, 7) is 9.83. The van der Waals surface area contributed by atoms with Gasteiger partial charge in [0.2, 0.25) is 0 Å². The van der Waals surface area contributed by atoms with Gasteiger partial charge in [-0.2, -0.15) is 0 Å². The molecule has 0 aliphatic rings. The standard InChI is InChI=1S/C17H36O.C6H14O/c1-4-16(3)14-12-10-8-6-7-9-11-13-15-17(18)5-2;1-3-4-5-6-7-2/h16-18H,4-15H2,1-3H3;3-6H2,1-2H3. The van der Waals surface area contributed by atoms with Crippen LogP contribution in [0.5, 0.6) is 0 Å². The Morgan fingerprint density at radius 3 is 1.64 bits per heavy atom. The maximum atomic E-state index is 9.42. The molecule has 2 unspecified atom stereocenters. The molecule has 0 fully saturated rings. The van der Waals surface area contributed by atoms with Crippen LogP contribution in [0.2, 0.25) is 0 Å². The molecule has 0 aromatic carbocycles. The summed E-state index contributed by atoms with van der Waals surface area (Å²) in [4.78, 5) is 0. The average molecular weight is 359 g/mol. The molecule has 0 spiro atoms. The molecule has 0 saturated carbocycles. The molecule has 2 nitrogen and oxygen atoms in total. The number of aliphatic hydroxyl groups is 1. The van der Waals surface area contributed by atoms with Crippen LogP contribution in [0.1, 0.15) is 124 Å². The first-order valence-corrected chi connectivity index (χ1v) is 11.3. The molecule has 0 aliphatic carbocycles. The van der Waals surface area contributed by atoms with E-state index in [2.05, 4.69) is 27.7 Å². The number of methoxy groups -OCH3 is 1. The fourth-order valence-electron chi connectivity index (χ4n) is 2.84. The van der Waals surface area contributed by atoms with Crippen molar-refractivity contribution in [3.8, 4) is 0 Å². The van der Waals surface area contributed by atoms with Gasteiger partial charge in [0.25, 0.3) is 0 Å². The van der Waals surface area contributed by atoms with Gasteiger partial charge in [0.1, 0.15) is 0 Å². The zero-order valence-electron chi connectivity index (χ0n) is 18.3. The number of ether oxygens (including phenoxy) is 1. The summed E-state index contributed by atoms with van der Waals surface area (Å²) >= 11 is 0. The van der Waals surface area contributed by atoms with Gasteiger partial charge in [-0.25, -0.2) is 0 Å². The second-order valence-corrected chi connectivity index (χ2v) is 7.68. The first-order chi connectivity index (χ1) is 12.1. The Labute approximate surface area is 160 Å². The highest BCUT2D eigenvalue weighted by Gasteiger charge is 2.00. The number of aliphatic hydroxyl groups excluding tert-OH is 1. The third kappa shape index (κ3) is 26.3. The molecule has 1 N–H and O–H groups in total. The van der Waals surface area contributed by atoms with Crippen molar-refractivity contribution in [3.05, 3.63) is 0 Å². The van der Waals surface area contributed by atoms with E-state index in [-0.39, 0.29) is 6.10 Å². The van der Waals surface area contributed by atoms with Crippen LogP contribution >= 0.6 is 0 Å². The van der Waals surface area contributed by atoms with Crippen molar-refractivity contribution in [3.63, 3.8) is 0 Å². The van der Waals surface area contributed by atoms with Crippen LogP contribution in [-0.4, -0.2) is 24.9 Å². The van der Waals surface area contributed by atoms with Crippen molar-refractivity contribution in [2.24, 2.45) is 5.92 Å². The van der Waals surface area contributed by atoms with E-state index in [4.69, 9.17) is 4.74 Å². The summed E-state index contributed by atoms with van der Waals surface area (Å²) < 4.78 is 4.84. The molecular formula is C23H50O2. The van der Waals surface area contributed by atoms with Gasteiger partial charge in [-0.15, -0.1) is 0 Å². The number of hydrogen-bond acceptors (Lipinski definition) is 2. The Bertz CT molecular complexity index is 196. The van der Waals surface area contributed by atoms with Crippen molar-refractivity contribution < 1.29 is 9.84 Å². The molecule has 0 bridgehead atoms. The second kappa shape index (κ2) is 23.9. The minimum absolute atomic E-state index is 0.0504. The highest BCUT2D eigenvalue weighted by molar-refractivity contribution is 4.54. The fraction of sp³-hybridized carbons (Fsp3) is 1.00. The summed E-state index contributed by atoms with van der Waals surface area (Å²) in [7, 11) is 1.75. The summed E-state index contributed by atoms with van der Waals surface area (Å²) in [5, 5.41) is 9.42. The molecular weight excluding hydrogens is 308 g/mol. The summed E-state index contributed by atoms with van der Waals surface area (Å²) in [6.07, 6.45) is 19.4. The maximum Gasteiger partial charge on any atom is 0.0537 e. The lowest BCUT2D eigenvalue weighted by molar-refractivity contribution is 0.156. The zero-order valence-corrected chi connectivity index (χ0v) is 18.3. The van der Waals surface area contributed by atoms with E-state index in [0.717, 1.165) is 25.4 Å². The Morgan fingerprint density at radius 2 is 1.20 bits per heavy atom. The molecule has 0 radical (unpaired) electrons. The molecule has 0 aliphatic heterocycles. The summed E-state index contributed by atoms with van der Waals surface area (Å²) in [5.74, 6) is 0.926. The van der Waals surface area contributed by atoms with Gasteiger partial charge in [0.15, 0.2) is 0 Å². The minimum Gasteiger partial charge on any atom is -0.393 e. The van der Waals surface area contributed by atoms with Gasteiger partial charge in [-0.3, -0.25) is 0 Å². The number of hydrogen-bond donors (Lipinski definition) is 1. The monoisotopic (exact) mass is 358 g/mol. The maximum absolute atomic E-state index is 9.42. The Kier molecular flexibility index (Phi) is 26.0. The first-order valence-electron chi connectivity index (χ1n) is 11.3. The van der Waals surface area contributed by atoms with Crippen molar-refractivity contribution >= 4 is 0 Å². The zero-order chi connectivity index (χ0) is 19.2. The topological polar surface area (TPSA) is 29.5 Å². The van der Waals surface area contributed by atoms with E-state index in [1.54, 1.807) is 7.11 Å². The highest BCUT2D eigenvalue weighted by Crippen LogP contribution is 2.15. The van der Waals surface area contributed by atoms with Crippen molar-refractivity contribution in [2.45, 2.75) is 130 Å². The van der Waals surface area contributed by atoms with Crippen LogP contribution in [0.25, 0.3) is 0 Å². The lowest BCUT2D eigenvalue weighted by Crippen LogP contribution is -2.03. The van der Waals surface area contributed by atoms with Gasteiger partial charge in [-0.1, -0.05) is 105 Å². The Balaban J connectivity index is 0. The van der Waals surface area contributed by atoms with Crippen LogP contribution < -0.4 is 0 Å². The van der Waals surface area contributed by atoms with Gasteiger partial charge in [-0.05, 0) is 25.2 Å². The first kappa shape index (κ1) is 27.1. The van der Waals surface area contributed by atoms with Gasteiger partial charge in [0.05, 0.1) is 6.10 Å². The third-order valence-electron chi connectivity index (χ3n) is 5.10. The largest absolute Gasteiger partial charge is 0.393 e. The Hall–Kier alpha value is -0.0800. The average Bonchev–Trinajstić information content (AvgIpc) is 2.63. The number of rotatable bonds is 17. The second-order valence-electron chi connectivity index (χ2n) is 7.68. The predicted octanol–water partition coefficient (Wildman–Crippen LogP) is 7.53. The Morgan fingerprint density at radius 1 is 0.680 bits per heavy atom. The van der Waals surface area contributed by atoms with Crippen molar-refractivity contribution in [1.29, 1.82) is 0 Å². The molecule has 0 amide bonds. The highest BCUT2D eigenvalue weighted by atomic mass is 16.5. The lowest BCUT2D eigenvalue weighted by Gasteiger charge is -2.08. The van der Waals surface area contributed by atoms with E-state index >= 15 is 0 Å². The molecule has 0 heterocycles. The van der Waals surface area contributed by atoms with Gasteiger partial charge in [0, 0.05) is 13.7 Å². The van der Waals surface area contributed by atoms with E-state index in [1.807, 2.05) is 0 Å². The van der Waals surface area contributed by atoms with E-state index in [0.29, 0.717) is 0 Å². The van der Waals surface area contributed by atoms with Crippen LogP contribution in [0.4, 0.5) is 0 Å². The van der Waals surface area contributed by atoms with E-state index in [9.17, 15) is 5.11 Å². The number of unbranched alkanes of at least 4 members (excludes halogenated alkanes) is 9. The molecule has 25 heavy (non-hydrogen) atoms. The quantitative estimate of drug-likeness (QED) is 0.272. The SMILES string of the molecule is CCC(C)CCCCCCCCCCC(O)CC.CCCCCOC. The molecule has 0 aromatic heterocycles. The van der Waals surface area contributed by atoms with Crippen LogP contribution in [-0.2, 0) is 4.74 Å². The van der Waals surface area contributed by atoms with E-state index in [1.165, 1.54) is 83.5 Å². The van der Waals surface area contributed by atoms with Gasteiger partial charge < -0.3 is 9.84 Å². The molecule has 0 aromatic rings. The van der Waals surface area contributed by atoms with Gasteiger partial charge >= 0.3 is 0 Å². The third-order valence-corrected chi connectivity index (χ3v) is 5.10. The molecule has 0 saturated heterocycles. The predicted molar refractivity (Wildman–Crippen MR) is 113 cm³/mol. The smallest absolute Gasteiger partial charge is 0.0537 e. The summed E-state index contributed by atoms with van der Waals surface area (Å²) in [6, 6.07) is 0. The molecule has 2 atom stereocenters. The molecule has 0 rings (SSSR count). The normalized spacial score (nSPS) is 13.2. The molecule has 2 heteroatoms. The summed E-state index contributed by atoms with van der Waals surface area (Å²) in [5.41, 5.74) is 0. The van der Waals surface area contributed by atoms with Crippen LogP contribution in [0, 0.1) is 5.92 Å². The van der Waals surface area contributed by atoms with Crippen molar-refractivity contribution in [1.82, 2.24) is 0 Å². The van der Waals surface area contributed by atoms with E-state index < -0.39 is 0 Å². The van der Waals surface area contributed by atoms with Crippen molar-refractivity contribution in [2.75, 3.05) is 13.7 Å². The molecule has 154 valence electrons. The van der Waals surface area contributed by atoms with Crippen LogP contribution in [0.3, 0.4) is 0 Å².